The molecular weight excluding hydrogens is 344 g/mol. The topological polar surface area (TPSA) is 37.3 Å². The fourth-order valence-corrected chi connectivity index (χ4v) is 4.22. The van der Waals surface area contributed by atoms with Gasteiger partial charge in [0.05, 0.1) is 0 Å². The number of aryl methyl sites for hydroxylation is 1. The third kappa shape index (κ3) is 10.9. The first kappa shape index (κ1) is 24.7. The van der Waals surface area contributed by atoms with Crippen LogP contribution < -0.4 is 0 Å². The molecule has 1 unspecified atom stereocenters. The summed E-state index contributed by atoms with van der Waals surface area (Å²) in [6.07, 6.45) is 18.1. The van der Waals surface area contributed by atoms with E-state index in [1.807, 2.05) is 0 Å². The number of unbranched alkanes of at least 4 members (excludes halogenated alkanes) is 10. The summed E-state index contributed by atoms with van der Waals surface area (Å²) in [5.74, 6) is 0.0783. The van der Waals surface area contributed by atoms with Gasteiger partial charge in [-0.05, 0) is 55.7 Å². The molecule has 0 amide bonds. The predicted octanol–water partition coefficient (Wildman–Crippen LogP) is 8.34. The van der Waals surface area contributed by atoms with Crippen LogP contribution in [0.1, 0.15) is 126 Å². The molecule has 0 saturated carbocycles. The molecule has 0 aliphatic carbocycles. The first-order valence-corrected chi connectivity index (χ1v) is 11.8. The quantitative estimate of drug-likeness (QED) is 0.272. The van der Waals surface area contributed by atoms with Gasteiger partial charge in [-0.2, -0.15) is 0 Å². The van der Waals surface area contributed by atoms with Gasteiger partial charge in [0.25, 0.3) is 0 Å². The van der Waals surface area contributed by atoms with Gasteiger partial charge in [-0.1, -0.05) is 95.8 Å². The van der Waals surface area contributed by atoms with Crippen molar-refractivity contribution in [1.82, 2.24) is 0 Å². The van der Waals surface area contributed by atoms with Crippen molar-refractivity contribution in [2.75, 3.05) is 0 Å². The predicted molar refractivity (Wildman–Crippen MR) is 121 cm³/mol. The molecule has 0 aliphatic rings. The van der Waals surface area contributed by atoms with Gasteiger partial charge in [-0.3, -0.25) is 4.79 Å². The van der Waals surface area contributed by atoms with Crippen molar-refractivity contribution in [2.24, 2.45) is 0 Å². The van der Waals surface area contributed by atoms with Crippen LogP contribution in [0, 0.1) is 13.8 Å². The molecule has 1 aromatic rings. The normalized spacial score (nSPS) is 12.2. The zero-order valence-corrected chi connectivity index (χ0v) is 18.8. The Hall–Kier alpha value is -1.31. The molecule has 0 aromatic heterocycles. The van der Waals surface area contributed by atoms with Crippen LogP contribution in [0.4, 0.5) is 0 Å². The van der Waals surface area contributed by atoms with Gasteiger partial charge >= 0.3 is 5.97 Å². The fraction of sp³-hybridized carbons (Fsp3) is 0.731. The average molecular weight is 389 g/mol. The second kappa shape index (κ2) is 15.6. The Bertz CT molecular complexity index is 535. The molecular formula is C26H44O2. The maximum absolute atomic E-state index is 10.5. The summed E-state index contributed by atoms with van der Waals surface area (Å²) in [6.45, 7) is 6.83. The summed E-state index contributed by atoms with van der Waals surface area (Å²) < 4.78 is 0. The number of carboxylic acid groups (broad SMARTS) is 1. The van der Waals surface area contributed by atoms with Gasteiger partial charge in [0, 0.05) is 6.42 Å². The van der Waals surface area contributed by atoms with Gasteiger partial charge < -0.3 is 5.11 Å². The minimum absolute atomic E-state index is 0.333. The number of hydrogen-bond donors (Lipinski definition) is 1. The molecule has 0 radical (unpaired) electrons. The maximum Gasteiger partial charge on any atom is 0.303 e. The van der Waals surface area contributed by atoms with Crippen molar-refractivity contribution in [3.8, 4) is 0 Å². The highest BCUT2D eigenvalue weighted by molar-refractivity contribution is 5.66. The molecule has 0 saturated heterocycles. The minimum Gasteiger partial charge on any atom is -0.481 e. The van der Waals surface area contributed by atoms with Crippen molar-refractivity contribution in [1.29, 1.82) is 0 Å². The zero-order chi connectivity index (χ0) is 20.6. The van der Waals surface area contributed by atoms with Crippen LogP contribution in [0.5, 0.6) is 0 Å². The first-order chi connectivity index (χ1) is 13.6. The van der Waals surface area contributed by atoms with E-state index in [0.717, 1.165) is 18.8 Å². The van der Waals surface area contributed by atoms with Crippen LogP contribution in [0.3, 0.4) is 0 Å². The summed E-state index contributed by atoms with van der Waals surface area (Å²) in [4.78, 5) is 10.5. The van der Waals surface area contributed by atoms with Crippen molar-refractivity contribution in [3.05, 3.63) is 34.9 Å². The van der Waals surface area contributed by atoms with Crippen molar-refractivity contribution in [2.45, 2.75) is 123 Å². The average Bonchev–Trinajstić information content (AvgIpc) is 2.67. The number of benzene rings is 1. The fourth-order valence-electron chi connectivity index (χ4n) is 4.22. The number of carbonyl (C=O) groups is 1. The van der Waals surface area contributed by atoms with Crippen LogP contribution in [0.2, 0.25) is 0 Å². The second-order valence-electron chi connectivity index (χ2n) is 8.60. The summed E-state index contributed by atoms with van der Waals surface area (Å²) in [5.41, 5.74) is 4.53. The van der Waals surface area contributed by atoms with Crippen LogP contribution in [-0.2, 0) is 4.79 Å². The Balaban J connectivity index is 2.22. The van der Waals surface area contributed by atoms with E-state index in [0.29, 0.717) is 6.42 Å². The lowest BCUT2D eigenvalue weighted by Gasteiger charge is -2.21. The molecule has 28 heavy (non-hydrogen) atoms. The largest absolute Gasteiger partial charge is 0.481 e. The van der Waals surface area contributed by atoms with Gasteiger partial charge in [0.1, 0.15) is 0 Å². The van der Waals surface area contributed by atoms with E-state index in [-0.39, 0.29) is 0 Å². The second-order valence-corrected chi connectivity index (χ2v) is 8.60. The van der Waals surface area contributed by atoms with Crippen molar-refractivity contribution < 1.29 is 9.90 Å². The van der Waals surface area contributed by atoms with E-state index in [2.05, 4.69) is 39.0 Å². The molecule has 1 atom stereocenters. The highest BCUT2D eigenvalue weighted by Crippen LogP contribution is 2.31. The van der Waals surface area contributed by atoms with Gasteiger partial charge in [-0.25, -0.2) is 0 Å². The number of hydrogen-bond acceptors (Lipinski definition) is 1. The van der Waals surface area contributed by atoms with Gasteiger partial charge in [-0.15, -0.1) is 0 Å². The lowest BCUT2D eigenvalue weighted by atomic mass is 9.85. The van der Waals surface area contributed by atoms with Gasteiger partial charge in [0.15, 0.2) is 0 Å². The molecule has 1 N–H and O–H groups in total. The Morgan fingerprint density at radius 1 is 0.821 bits per heavy atom. The number of aliphatic carboxylic acids is 1. The third-order valence-corrected chi connectivity index (χ3v) is 6.19. The monoisotopic (exact) mass is 388 g/mol. The van der Waals surface area contributed by atoms with Gasteiger partial charge in [0.2, 0.25) is 0 Å². The van der Waals surface area contributed by atoms with Crippen molar-refractivity contribution in [3.63, 3.8) is 0 Å². The molecule has 2 heteroatoms. The Labute approximate surface area is 174 Å². The van der Waals surface area contributed by atoms with E-state index in [1.54, 1.807) is 5.56 Å². The molecule has 1 rings (SSSR count). The smallest absolute Gasteiger partial charge is 0.303 e. The Kier molecular flexibility index (Phi) is 13.8. The highest BCUT2D eigenvalue weighted by Gasteiger charge is 2.14. The summed E-state index contributed by atoms with van der Waals surface area (Å²) in [5, 5.41) is 8.64. The third-order valence-electron chi connectivity index (χ3n) is 6.19. The molecule has 0 aliphatic heterocycles. The molecule has 0 heterocycles. The summed E-state index contributed by atoms with van der Waals surface area (Å²) in [7, 11) is 0. The zero-order valence-electron chi connectivity index (χ0n) is 18.8. The van der Waals surface area contributed by atoms with E-state index in [1.165, 1.54) is 88.2 Å². The molecule has 0 spiro atoms. The number of rotatable bonds is 17. The van der Waals surface area contributed by atoms with Crippen LogP contribution >= 0.6 is 0 Å². The molecule has 1 aromatic carbocycles. The SMILES string of the molecule is CCCCCC(CCCCCCCCCCCC(=O)O)c1cccc(C)c1C. The lowest BCUT2D eigenvalue weighted by Crippen LogP contribution is -2.03. The van der Waals surface area contributed by atoms with E-state index >= 15 is 0 Å². The van der Waals surface area contributed by atoms with E-state index in [4.69, 9.17) is 5.11 Å². The molecule has 0 fully saturated rings. The molecule has 160 valence electrons. The van der Waals surface area contributed by atoms with Crippen LogP contribution in [-0.4, -0.2) is 11.1 Å². The Morgan fingerprint density at radius 3 is 1.93 bits per heavy atom. The molecule has 0 bridgehead atoms. The first-order valence-electron chi connectivity index (χ1n) is 11.8. The summed E-state index contributed by atoms with van der Waals surface area (Å²) in [6, 6.07) is 6.84. The van der Waals surface area contributed by atoms with E-state index < -0.39 is 5.97 Å². The highest BCUT2D eigenvalue weighted by atomic mass is 16.4. The van der Waals surface area contributed by atoms with Crippen molar-refractivity contribution >= 4 is 5.97 Å². The maximum atomic E-state index is 10.5. The van der Waals surface area contributed by atoms with Crippen LogP contribution in [0.25, 0.3) is 0 Å². The Morgan fingerprint density at radius 2 is 1.36 bits per heavy atom. The van der Waals surface area contributed by atoms with Crippen LogP contribution in [0.15, 0.2) is 18.2 Å². The summed E-state index contributed by atoms with van der Waals surface area (Å²) >= 11 is 0. The minimum atomic E-state index is -0.658. The van der Waals surface area contributed by atoms with E-state index in [9.17, 15) is 4.79 Å². The lowest BCUT2D eigenvalue weighted by molar-refractivity contribution is -0.137. The standard InChI is InChI=1S/C26H44O2/c1-4-5-13-18-24(25-20-16-17-22(2)23(25)3)19-14-11-9-7-6-8-10-12-15-21-26(27)28/h16-17,20,24H,4-15,18-19,21H2,1-3H3,(H,27,28). The molecule has 2 nitrogen and oxygen atoms in total. The number of carboxylic acids is 1.